The number of nitrogens with two attached hydrogens (primary N) is 3. The summed E-state index contributed by atoms with van der Waals surface area (Å²) in [7, 11) is 0. The predicted molar refractivity (Wildman–Crippen MR) is 105 cm³/mol. The van der Waals surface area contributed by atoms with Crippen LogP contribution in [-0.4, -0.2) is 21.0 Å². The molecule has 1 aromatic rings. The summed E-state index contributed by atoms with van der Waals surface area (Å²) < 4.78 is 2.09. The van der Waals surface area contributed by atoms with Gasteiger partial charge in [-0.1, -0.05) is 0 Å². The SMILES string of the molecule is NC=C(N)C(N)=Cc1ccc(C=C2C=CC(C=C3C=CC([CH]=[Zn])=N3)=N2)[nH]1. The third kappa shape index (κ3) is 4.32. The normalized spacial score (nSPS) is 20.2. The van der Waals surface area contributed by atoms with Crippen LogP contribution in [0.4, 0.5) is 0 Å². The van der Waals surface area contributed by atoms with Crippen LogP contribution in [0.1, 0.15) is 11.4 Å². The van der Waals surface area contributed by atoms with Crippen LogP contribution in [0, 0.1) is 0 Å². The van der Waals surface area contributed by atoms with Crippen LogP contribution in [0.15, 0.2) is 81.5 Å². The molecular formula is C19H18N6Zn. The summed E-state index contributed by atoms with van der Waals surface area (Å²) in [5, 5.41) is 0. The van der Waals surface area contributed by atoms with Crippen LogP contribution in [0.3, 0.4) is 0 Å². The Hall–Kier alpha value is -3.05. The Kier molecular flexibility index (Phi) is 5.39. The Morgan fingerprint density at radius 1 is 0.885 bits per heavy atom. The fourth-order valence-electron chi connectivity index (χ4n) is 2.40. The minimum absolute atomic E-state index is 0.343. The van der Waals surface area contributed by atoms with E-state index in [2.05, 4.69) is 19.6 Å². The third-order valence-corrected chi connectivity index (χ3v) is 4.61. The Morgan fingerprint density at radius 3 is 2.23 bits per heavy atom. The van der Waals surface area contributed by atoms with Gasteiger partial charge in [0, 0.05) is 6.20 Å². The number of nitrogens with zero attached hydrogens (tertiary/aromatic N) is 2. The molecule has 7 N–H and O–H groups in total. The van der Waals surface area contributed by atoms with E-state index in [1.807, 2.05) is 48.6 Å². The number of aromatic nitrogens is 1. The monoisotopic (exact) mass is 394 g/mol. The van der Waals surface area contributed by atoms with Crippen LogP contribution in [0.25, 0.3) is 12.2 Å². The molecule has 26 heavy (non-hydrogen) atoms. The Morgan fingerprint density at radius 2 is 1.54 bits per heavy atom. The fourth-order valence-corrected chi connectivity index (χ4v) is 2.88. The molecule has 126 valence electrons. The van der Waals surface area contributed by atoms with Crippen molar-refractivity contribution in [1.82, 2.24) is 4.98 Å². The van der Waals surface area contributed by atoms with Crippen molar-refractivity contribution in [3.63, 3.8) is 0 Å². The van der Waals surface area contributed by atoms with Crippen molar-refractivity contribution in [2.75, 3.05) is 0 Å². The molecule has 0 saturated carbocycles. The van der Waals surface area contributed by atoms with Crippen molar-refractivity contribution in [1.29, 1.82) is 0 Å². The van der Waals surface area contributed by atoms with Crippen molar-refractivity contribution in [2.24, 2.45) is 27.2 Å². The van der Waals surface area contributed by atoms with Gasteiger partial charge in [-0.25, -0.2) is 0 Å². The number of allylic oxidation sites excluding steroid dienone is 5. The maximum atomic E-state index is 5.84. The van der Waals surface area contributed by atoms with E-state index in [-0.39, 0.29) is 0 Å². The van der Waals surface area contributed by atoms with Gasteiger partial charge < -0.3 is 17.2 Å². The number of hydrogen-bond acceptors (Lipinski definition) is 5. The first-order chi connectivity index (χ1) is 12.6. The van der Waals surface area contributed by atoms with Crippen LogP contribution in [0.2, 0.25) is 0 Å². The molecule has 7 heteroatoms. The Bertz CT molecular complexity index is 979. The first-order valence-electron chi connectivity index (χ1n) is 8.00. The van der Waals surface area contributed by atoms with Gasteiger partial charge in [0.1, 0.15) is 0 Å². The maximum absolute atomic E-state index is 5.84. The zero-order chi connectivity index (χ0) is 18.5. The van der Waals surface area contributed by atoms with Gasteiger partial charge in [0.15, 0.2) is 0 Å². The minimum atomic E-state index is 0.343. The van der Waals surface area contributed by atoms with E-state index in [0.717, 1.165) is 52.1 Å². The molecule has 3 rings (SSSR count). The molecule has 6 nitrogen and oxygen atoms in total. The number of nitrogens with one attached hydrogen (secondary N) is 1. The van der Waals surface area contributed by atoms with Crippen molar-refractivity contribution < 1.29 is 17.9 Å². The first-order valence-corrected chi connectivity index (χ1v) is 9.72. The molecule has 3 heterocycles. The van der Waals surface area contributed by atoms with Gasteiger partial charge in [0.05, 0.1) is 11.4 Å². The molecule has 2 aliphatic rings. The van der Waals surface area contributed by atoms with E-state index >= 15 is 0 Å². The molecule has 0 fully saturated rings. The van der Waals surface area contributed by atoms with Crippen LogP contribution >= 0.6 is 0 Å². The fraction of sp³-hybridized carbons (Fsp3) is 0. The quantitative estimate of drug-likeness (QED) is 0.448. The summed E-state index contributed by atoms with van der Waals surface area (Å²) in [6, 6.07) is 3.86. The van der Waals surface area contributed by atoms with E-state index in [1.165, 1.54) is 6.20 Å². The second kappa shape index (κ2) is 7.89. The molecule has 1 aromatic heterocycles. The Labute approximate surface area is 161 Å². The van der Waals surface area contributed by atoms with Crippen LogP contribution in [-0.2, 0) is 17.9 Å². The van der Waals surface area contributed by atoms with Gasteiger partial charge in [0.2, 0.25) is 0 Å². The molecular weight excluding hydrogens is 378 g/mol. The van der Waals surface area contributed by atoms with E-state index in [9.17, 15) is 0 Å². The van der Waals surface area contributed by atoms with Crippen molar-refractivity contribution in [2.45, 2.75) is 0 Å². The van der Waals surface area contributed by atoms with Crippen molar-refractivity contribution in [3.05, 3.63) is 82.9 Å². The molecule has 0 saturated heterocycles. The number of rotatable bonds is 5. The van der Waals surface area contributed by atoms with E-state index in [1.54, 1.807) is 6.08 Å². The van der Waals surface area contributed by atoms with Gasteiger partial charge in [-0.15, -0.1) is 0 Å². The second-order valence-electron chi connectivity index (χ2n) is 5.67. The molecule has 0 aromatic carbocycles. The summed E-state index contributed by atoms with van der Waals surface area (Å²) >= 11 is 1.10. The van der Waals surface area contributed by atoms with Crippen molar-refractivity contribution >= 4 is 28.2 Å². The summed E-state index contributed by atoms with van der Waals surface area (Å²) in [4.78, 5) is 12.3. The standard InChI is InChI=1S/C19H18N6.Zn/c1-12-2-3-13(23-12)8-14-4-5-15(24-14)9-16-6-7-17(25-16)10-18(21)19(22)11-20;/h1-11,25H,20-22H2;. The molecule has 0 atom stereocenters. The summed E-state index contributed by atoms with van der Waals surface area (Å²) in [6.45, 7) is 0. The molecule has 0 spiro atoms. The zero-order valence-electron chi connectivity index (χ0n) is 14.2. The van der Waals surface area contributed by atoms with Crippen LogP contribution in [0.5, 0.6) is 0 Å². The number of aliphatic imine (C=N–C) groups is 2. The van der Waals surface area contributed by atoms with Gasteiger partial charge in [-0.3, -0.25) is 0 Å². The number of aromatic amines is 1. The average molecular weight is 396 g/mol. The van der Waals surface area contributed by atoms with Crippen molar-refractivity contribution in [3.8, 4) is 0 Å². The molecule has 0 amide bonds. The molecule has 0 unspecified atom stereocenters. The van der Waals surface area contributed by atoms with Crippen LogP contribution < -0.4 is 17.2 Å². The second-order valence-corrected chi connectivity index (χ2v) is 6.53. The molecule has 2 aliphatic heterocycles. The Balaban J connectivity index is 1.75. The predicted octanol–water partition coefficient (Wildman–Crippen LogP) is 1.67. The van der Waals surface area contributed by atoms with Gasteiger partial charge in [0.25, 0.3) is 0 Å². The average Bonchev–Trinajstić information content (AvgIpc) is 3.37. The molecule has 0 aliphatic carbocycles. The third-order valence-electron chi connectivity index (χ3n) is 3.73. The molecule has 0 bridgehead atoms. The summed E-state index contributed by atoms with van der Waals surface area (Å²) in [5.74, 6) is 0. The number of H-pyrrole nitrogens is 1. The van der Waals surface area contributed by atoms with E-state index < -0.39 is 0 Å². The van der Waals surface area contributed by atoms with E-state index in [4.69, 9.17) is 17.2 Å². The molecule has 0 radical (unpaired) electrons. The summed E-state index contributed by atoms with van der Waals surface area (Å²) in [5.41, 5.74) is 23.1. The van der Waals surface area contributed by atoms with Gasteiger partial charge in [-0.05, 0) is 6.08 Å². The van der Waals surface area contributed by atoms with E-state index in [0.29, 0.717) is 11.4 Å². The first kappa shape index (κ1) is 17.8. The summed E-state index contributed by atoms with van der Waals surface area (Å²) in [6.07, 6.45) is 14.9. The van der Waals surface area contributed by atoms with Gasteiger partial charge >= 0.3 is 120 Å². The zero-order valence-corrected chi connectivity index (χ0v) is 17.2. The number of hydrogen-bond donors (Lipinski definition) is 4. The van der Waals surface area contributed by atoms with Gasteiger partial charge in [-0.2, -0.15) is 0 Å². The topological polar surface area (TPSA) is 119 Å².